The SMILES string of the molecule is O=c1oc2ccccc2n1CCOc1cccc(F)c1. The summed E-state index contributed by atoms with van der Waals surface area (Å²) in [4.78, 5) is 11.7. The summed E-state index contributed by atoms with van der Waals surface area (Å²) in [5.74, 6) is -0.340. The molecule has 0 N–H and O–H groups in total. The Kier molecular flexibility index (Phi) is 3.25. The van der Waals surface area contributed by atoms with E-state index in [9.17, 15) is 9.18 Å². The van der Waals surface area contributed by atoms with Gasteiger partial charge in [-0.2, -0.15) is 0 Å². The summed E-state index contributed by atoms with van der Waals surface area (Å²) in [6, 6.07) is 13.1. The Labute approximate surface area is 114 Å². The fourth-order valence-corrected chi connectivity index (χ4v) is 2.04. The standard InChI is InChI=1S/C15H12FNO3/c16-11-4-3-5-12(10-11)19-9-8-17-13-6-1-2-7-14(13)20-15(17)18/h1-7,10H,8-9H2. The zero-order chi connectivity index (χ0) is 13.9. The van der Waals surface area contributed by atoms with Gasteiger partial charge < -0.3 is 9.15 Å². The van der Waals surface area contributed by atoms with Gasteiger partial charge in [-0.1, -0.05) is 18.2 Å². The minimum Gasteiger partial charge on any atom is -0.492 e. The first-order valence-electron chi connectivity index (χ1n) is 6.21. The molecule has 3 aromatic rings. The molecular formula is C15H12FNO3. The fraction of sp³-hybridized carbons (Fsp3) is 0.133. The molecule has 0 aliphatic carbocycles. The summed E-state index contributed by atoms with van der Waals surface area (Å²) in [6.45, 7) is 0.596. The Morgan fingerprint density at radius 1 is 1.15 bits per heavy atom. The molecule has 0 unspecified atom stereocenters. The lowest BCUT2D eigenvalue weighted by Gasteiger charge is -2.06. The van der Waals surface area contributed by atoms with Crippen LogP contribution in [0.15, 0.2) is 57.7 Å². The summed E-state index contributed by atoms with van der Waals surface area (Å²) in [6.07, 6.45) is 0. The molecule has 0 saturated heterocycles. The number of ether oxygens (including phenoxy) is 1. The van der Waals surface area contributed by atoms with Crippen molar-refractivity contribution in [2.75, 3.05) is 6.61 Å². The van der Waals surface area contributed by atoms with E-state index in [1.807, 2.05) is 12.1 Å². The van der Waals surface area contributed by atoms with Gasteiger partial charge in [-0.25, -0.2) is 9.18 Å². The minimum absolute atomic E-state index is 0.257. The average Bonchev–Trinajstić information content (AvgIpc) is 2.75. The smallest absolute Gasteiger partial charge is 0.420 e. The molecule has 0 saturated carbocycles. The van der Waals surface area contributed by atoms with Gasteiger partial charge in [-0.3, -0.25) is 4.57 Å². The number of benzene rings is 2. The lowest BCUT2D eigenvalue weighted by Crippen LogP contribution is -2.18. The van der Waals surface area contributed by atoms with E-state index in [0.717, 1.165) is 5.52 Å². The van der Waals surface area contributed by atoms with E-state index in [4.69, 9.17) is 9.15 Å². The molecule has 0 bridgehead atoms. The third kappa shape index (κ3) is 2.42. The molecule has 3 rings (SSSR count). The molecule has 0 atom stereocenters. The van der Waals surface area contributed by atoms with Gasteiger partial charge >= 0.3 is 5.76 Å². The van der Waals surface area contributed by atoms with E-state index in [1.165, 1.54) is 16.7 Å². The Hall–Kier alpha value is -2.56. The third-order valence-corrected chi connectivity index (χ3v) is 2.95. The molecule has 5 heteroatoms. The number of rotatable bonds is 4. The molecule has 2 aromatic carbocycles. The number of aromatic nitrogens is 1. The lowest BCUT2D eigenvalue weighted by atomic mass is 10.3. The Balaban J connectivity index is 1.74. The minimum atomic E-state index is -0.422. The second-order valence-electron chi connectivity index (χ2n) is 4.29. The molecule has 0 aliphatic heterocycles. The summed E-state index contributed by atoms with van der Waals surface area (Å²) in [7, 11) is 0. The molecule has 102 valence electrons. The van der Waals surface area contributed by atoms with Gasteiger partial charge in [0.05, 0.1) is 12.1 Å². The monoisotopic (exact) mass is 273 g/mol. The predicted molar refractivity (Wildman–Crippen MR) is 72.4 cm³/mol. The first kappa shape index (κ1) is 12.5. The maximum absolute atomic E-state index is 13.0. The number of para-hydroxylation sites is 2. The number of hydrogen-bond acceptors (Lipinski definition) is 3. The second-order valence-corrected chi connectivity index (χ2v) is 4.29. The third-order valence-electron chi connectivity index (χ3n) is 2.95. The molecule has 0 radical (unpaired) electrons. The first-order chi connectivity index (χ1) is 9.74. The van der Waals surface area contributed by atoms with E-state index in [-0.39, 0.29) is 12.4 Å². The maximum atomic E-state index is 13.0. The number of fused-ring (bicyclic) bond motifs is 1. The van der Waals surface area contributed by atoms with E-state index in [2.05, 4.69) is 0 Å². The Morgan fingerprint density at radius 3 is 2.85 bits per heavy atom. The topological polar surface area (TPSA) is 44.4 Å². The molecule has 1 aromatic heterocycles. The van der Waals surface area contributed by atoms with Gasteiger partial charge in [0.25, 0.3) is 0 Å². The van der Waals surface area contributed by atoms with Crippen molar-refractivity contribution < 1.29 is 13.5 Å². The number of halogens is 1. The van der Waals surface area contributed by atoms with Crippen LogP contribution in [0.1, 0.15) is 0 Å². The Bertz CT molecular complexity index is 791. The lowest BCUT2D eigenvalue weighted by molar-refractivity contribution is 0.293. The summed E-state index contributed by atoms with van der Waals surface area (Å²) < 4.78 is 25.0. The molecule has 0 aliphatic rings. The molecule has 0 amide bonds. The van der Waals surface area contributed by atoms with Crippen LogP contribution in [0, 0.1) is 5.82 Å². The van der Waals surface area contributed by atoms with Crippen LogP contribution in [-0.2, 0) is 6.54 Å². The van der Waals surface area contributed by atoms with Gasteiger partial charge in [0, 0.05) is 6.07 Å². The zero-order valence-corrected chi connectivity index (χ0v) is 10.6. The van der Waals surface area contributed by atoms with Crippen LogP contribution in [0.2, 0.25) is 0 Å². The van der Waals surface area contributed by atoms with E-state index in [1.54, 1.807) is 24.3 Å². The van der Waals surface area contributed by atoms with Crippen molar-refractivity contribution in [3.05, 3.63) is 64.9 Å². The van der Waals surface area contributed by atoms with Gasteiger partial charge in [-0.15, -0.1) is 0 Å². The van der Waals surface area contributed by atoms with Crippen LogP contribution in [0.25, 0.3) is 11.1 Å². The van der Waals surface area contributed by atoms with Crippen LogP contribution in [-0.4, -0.2) is 11.2 Å². The van der Waals surface area contributed by atoms with E-state index >= 15 is 0 Å². The normalized spacial score (nSPS) is 10.8. The maximum Gasteiger partial charge on any atom is 0.420 e. The van der Waals surface area contributed by atoms with Crippen LogP contribution < -0.4 is 10.5 Å². The van der Waals surface area contributed by atoms with Gasteiger partial charge in [0.2, 0.25) is 0 Å². The van der Waals surface area contributed by atoms with Crippen molar-refractivity contribution in [3.63, 3.8) is 0 Å². The first-order valence-corrected chi connectivity index (χ1v) is 6.21. The van der Waals surface area contributed by atoms with Crippen molar-refractivity contribution in [2.24, 2.45) is 0 Å². The fourth-order valence-electron chi connectivity index (χ4n) is 2.04. The molecule has 1 heterocycles. The molecule has 0 spiro atoms. The molecular weight excluding hydrogens is 261 g/mol. The number of oxazole rings is 1. The molecule has 0 fully saturated rings. The number of hydrogen-bond donors (Lipinski definition) is 0. The van der Waals surface area contributed by atoms with E-state index in [0.29, 0.717) is 17.9 Å². The van der Waals surface area contributed by atoms with E-state index < -0.39 is 5.76 Å². The van der Waals surface area contributed by atoms with Crippen molar-refractivity contribution in [1.82, 2.24) is 4.57 Å². The largest absolute Gasteiger partial charge is 0.492 e. The summed E-state index contributed by atoms with van der Waals surface area (Å²) in [5, 5.41) is 0. The van der Waals surface area contributed by atoms with Crippen LogP contribution in [0.4, 0.5) is 4.39 Å². The highest BCUT2D eigenvalue weighted by Crippen LogP contribution is 2.13. The highest BCUT2D eigenvalue weighted by atomic mass is 19.1. The summed E-state index contributed by atoms with van der Waals surface area (Å²) in [5.41, 5.74) is 1.27. The molecule has 20 heavy (non-hydrogen) atoms. The second kappa shape index (κ2) is 5.21. The van der Waals surface area contributed by atoms with Gasteiger partial charge in [-0.05, 0) is 24.3 Å². The highest BCUT2D eigenvalue weighted by Gasteiger charge is 2.08. The quantitative estimate of drug-likeness (QED) is 0.734. The van der Waals surface area contributed by atoms with Crippen LogP contribution >= 0.6 is 0 Å². The highest BCUT2D eigenvalue weighted by molar-refractivity contribution is 5.72. The van der Waals surface area contributed by atoms with Crippen LogP contribution in [0.3, 0.4) is 0 Å². The van der Waals surface area contributed by atoms with Gasteiger partial charge in [0.1, 0.15) is 18.2 Å². The molecule has 4 nitrogen and oxygen atoms in total. The Morgan fingerprint density at radius 2 is 2.00 bits per heavy atom. The number of nitrogens with zero attached hydrogens (tertiary/aromatic N) is 1. The van der Waals surface area contributed by atoms with Gasteiger partial charge in [0.15, 0.2) is 5.58 Å². The predicted octanol–water partition coefficient (Wildman–Crippen LogP) is 2.81. The van der Waals surface area contributed by atoms with Crippen molar-refractivity contribution in [3.8, 4) is 5.75 Å². The summed E-state index contributed by atoms with van der Waals surface area (Å²) >= 11 is 0. The van der Waals surface area contributed by atoms with Crippen molar-refractivity contribution >= 4 is 11.1 Å². The van der Waals surface area contributed by atoms with Crippen molar-refractivity contribution in [1.29, 1.82) is 0 Å². The zero-order valence-electron chi connectivity index (χ0n) is 10.6. The average molecular weight is 273 g/mol. The van der Waals surface area contributed by atoms with Crippen molar-refractivity contribution in [2.45, 2.75) is 6.54 Å². The van der Waals surface area contributed by atoms with Crippen LogP contribution in [0.5, 0.6) is 5.75 Å².